The molecule has 0 rings (SSSR count). The molecular weight excluding hydrogens is 262 g/mol. The van der Waals surface area contributed by atoms with Crippen LogP contribution in [0.4, 0.5) is 0 Å². The first-order valence-corrected chi connectivity index (χ1v) is 5.44. The first-order chi connectivity index (χ1) is 7.60. The zero-order valence-corrected chi connectivity index (χ0v) is 12.3. The van der Waals surface area contributed by atoms with Gasteiger partial charge in [-0.15, -0.1) is 12.4 Å². The Morgan fingerprint density at radius 3 is 2.06 bits per heavy atom. The summed E-state index contributed by atoms with van der Waals surface area (Å²) in [4.78, 5) is 21.8. The molecule has 108 valence electrons. The Kier molecular flexibility index (Phi) is 8.18. The second-order valence-corrected chi connectivity index (χ2v) is 4.93. The van der Waals surface area contributed by atoms with Crippen LogP contribution in [0.3, 0.4) is 0 Å². The number of aliphatic carboxylic acids is 1. The minimum Gasteiger partial charge on any atom is -0.550 e. The Morgan fingerprint density at radius 2 is 1.78 bits per heavy atom. The summed E-state index contributed by atoms with van der Waals surface area (Å²) >= 11 is 0. The van der Waals surface area contributed by atoms with E-state index in [2.05, 4.69) is 0 Å². The Balaban J connectivity index is 0. The van der Waals surface area contributed by atoms with Crippen molar-refractivity contribution in [2.45, 2.75) is 26.1 Å². The van der Waals surface area contributed by atoms with Gasteiger partial charge in [-0.1, -0.05) is 0 Å². The molecule has 6 nitrogen and oxygen atoms in total. The summed E-state index contributed by atoms with van der Waals surface area (Å²) in [6.07, 6.45) is -0.476. The second kappa shape index (κ2) is 7.56. The van der Waals surface area contributed by atoms with Crippen molar-refractivity contribution in [3.8, 4) is 0 Å². The summed E-state index contributed by atoms with van der Waals surface area (Å²) in [5, 5.41) is 10.8. The van der Waals surface area contributed by atoms with E-state index in [4.69, 9.17) is 9.47 Å². The van der Waals surface area contributed by atoms with Gasteiger partial charge in [0, 0.05) is 19.5 Å². The van der Waals surface area contributed by atoms with Crippen LogP contribution in [0.25, 0.3) is 0 Å². The number of ether oxygens (including phenoxy) is 2. The van der Waals surface area contributed by atoms with Gasteiger partial charge < -0.3 is 23.9 Å². The molecule has 0 aromatic heterocycles. The molecule has 0 aromatic carbocycles. The normalized spacial score (nSPS) is 14.3. The Labute approximate surface area is 114 Å². The van der Waals surface area contributed by atoms with E-state index in [1.165, 1.54) is 6.92 Å². The Bertz CT molecular complexity index is 272. The number of rotatable bonds is 7. The molecule has 0 saturated heterocycles. The topological polar surface area (TPSA) is 75.7 Å². The highest BCUT2D eigenvalue weighted by Crippen LogP contribution is 2.21. The molecule has 0 bridgehead atoms. The molecule has 0 amide bonds. The first-order valence-electron chi connectivity index (χ1n) is 5.44. The average Bonchev–Trinajstić information content (AvgIpc) is 1.95. The van der Waals surface area contributed by atoms with Crippen molar-refractivity contribution in [3.05, 3.63) is 0 Å². The van der Waals surface area contributed by atoms with Crippen LogP contribution in [0.1, 0.15) is 20.3 Å². The molecule has 0 aliphatic rings. The van der Waals surface area contributed by atoms with Crippen LogP contribution in [0.5, 0.6) is 0 Å². The van der Waals surface area contributed by atoms with Crippen LogP contribution in [-0.2, 0) is 19.1 Å². The van der Waals surface area contributed by atoms with Crippen molar-refractivity contribution < 1.29 is 28.7 Å². The van der Waals surface area contributed by atoms with Crippen LogP contribution < -0.4 is 5.11 Å². The van der Waals surface area contributed by atoms with Crippen LogP contribution in [0, 0.1) is 0 Å². The lowest BCUT2D eigenvalue weighted by Crippen LogP contribution is -2.55. The highest BCUT2D eigenvalue weighted by molar-refractivity contribution is 5.85. The molecule has 0 aliphatic heterocycles. The molecule has 0 aromatic rings. The fraction of sp³-hybridized carbons (Fsp3) is 0.818. The predicted molar refractivity (Wildman–Crippen MR) is 65.9 cm³/mol. The van der Waals surface area contributed by atoms with Crippen molar-refractivity contribution in [3.63, 3.8) is 0 Å². The first kappa shape index (κ1) is 19.5. The van der Waals surface area contributed by atoms with Gasteiger partial charge in [0.25, 0.3) is 5.79 Å². The summed E-state index contributed by atoms with van der Waals surface area (Å²) in [5.74, 6) is -3.35. The van der Waals surface area contributed by atoms with Gasteiger partial charge >= 0.3 is 5.97 Å². The number of carbonyl (C=O) groups is 2. The van der Waals surface area contributed by atoms with Crippen molar-refractivity contribution >= 4 is 24.3 Å². The van der Waals surface area contributed by atoms with Gasteiger partial charge in [-0.05, 0) is 6.92 Å². The lowest BCUT2D eigenvalue weighted by molar-refractivity contribution is -0.880. The van der Waals surface area contributed by atoms with Gasteiger partial charge in [0.05, 0.1) is 27.6 Å². The maximum atomic E-state index is 11.1. The van der Waals surface area contributed by atoms with Crippen LogP contribution in [-0.4, -0.2) is 56.5 Å². The molecule has 0 fully saturated rings. The fourth-order valence-electron chi connectivity index (χ4n) is 1.72. The number of carboxylic acids is 1. The Morgan fingerprint density at radius 1 is 1.28 bits per heavy atom. The predicted octanol–water partition coefficient (Wildman–Crippen LogP) is -0.450. The molecule has 0 N–H and O–H groups in total. The third-order valence-electron chi connectivity index (χ3n) is 1.87. The van der Waals surface area contributed by atoms with Crippen LogP contribution in [0.15, 0.2) is 0 Å². The molecule has 1 atom stereocenters. The molecule has 1 unspecified atom stereocenters. The smallest absolute Gasteiger partial charge is 0.305 e. The van der Waals surface area contributed by atoms with Gasteiger partial charge in [0.2, 0.25) is 0 Å². The van der Waals surface area contributed by atoms with Crippen molar-refractivity contribution in [2.75, 3.05) is 34.3 Å². The number of halogens is 1. The second-order valence-electron chi connectivity index (χ2n) is 4.93. The van der Waals surface area contributed by atoms with Crippen LogP contribution >= 0.6 is 12.4 Å². The van der Waals surface area contributed by atoms with E-state index in [-0.39, 0.29) is 25.6 Å². The average molecular weight is 284 g/mol. The number of esters is 1. The van der Waals surface area contributed by atoms with E-state index in [1.807, 2.05) is 21.1 Å². The number of nitrogens with zero attached hydrogens (tertiary/aromatic N) is 1. The number of hydrogen-bond donors (Lipinski definition) is 0. The third kappa shape index (κ3) is 8.27. The summed E-state index contributed by atoms with van der Waals surface area (Å²) in [5.41, 5.74) is 0. The monoisotopic (exact) mass is 283 g/mol. The molecular formula is C11H22ClNO5. The van der Waals surface area contributed by atoms with Gasteiger partial charge in [0.1, 0.15) is 6.54 Å². The summed E-state index contributed by atoms with van der Waals surface area (Å²) in [7, 11) is 5.56. The van der Waals surface area contributed by atoms with Gasteiger partial charge in [0.15, 0.2) is 0 Å². The lowest BCUT2D eigenvalue weighted by Gasteiger charge is -2.38. The molecule has 0 heterocycles. The molecule has 0 aliphatic carbocycles. The molecule has 0 saturated carbocycles. The molecule has 7 heteroatoms. The minimum atomic E-state index is -1.46. The highest BCUT2D eigenvalue weighted by atomic mass is 35.5. The molecule has 0 spiro atoms. The number of hydrogen-bond acceptors (Lipinski definition) is 5. The maximum Gasteiger partial charge on any atom is 0.305 e. The summed E-state index contributed by atoms with van der Waals surface area (Å²) in [6, 6.07) is 0. The van der Waals surface area contributed by atoms with E-state index < -0.39 is 24.1 Å². The number of likely N-dealkylation sites (N-methyl/N-ethyl adjacent to an activating group) is 1. The number of carbonyl (C=O) groups excluding carboxylic acids is 2. The van der Waals surface area contributed by atoms with Gasteiger partial charge in [-0.3, -0.25) is 4.79 Å². The van der Waals surface area contributed by atoms with E-state index in [1.54, 1.807) is 6.92 Å². The highest BCUT2D eigenvalue weighted by Gasteiger charge is 2.40. The van der Waals surface area contributed by atoms with Crippen molar-refractivity contribution in [1.82, 2.24) is 0 Å². The van der Waals surface area contributed by atoms with Crippen molar-refractivity contribution in [2.24, 2.45) is 0 Å². The molecule has 18 heavy (non-hydrogen) atoms. The SMILES string of the molecule is CCOC(CC(=O)[O-])(C[N+](C)(C)C)OC(C)=O.Cl. The number of quaternary nitrogens is 1. The fourth-order valence-corrected chi connectivity index (χ4v) is 1.72. The summed E-state index contributed by atoms with van der Waals surface area (Å²) < 4.78 is 10.8. The third-order valence-corrected chi connectivity index (χ3v) is 1.87. The van der Waals surface area contributed by atoms with E-state index in [9.17, 15) is 14.7 Å². The zero-order chi connectivity index (χ0) is 13.7. The van der Waals surface area contributed by atoms with Gasteiger partial charge in [-0.25, -0.2) is 0 Å². The van der Waals surface area contributed by atoms with E-state index in [0.717, 1.165) is 0 Å². The standard InChI is InChI=1S/C11H21NO5.ClH/c1-6-16-11(7-10(14)15,17-9(2)13)8-12(3,4)5;/h6-8H2,1-5H3;1H. The van der Waals surface area contributed by atoms with Crippen molar-refractivity contribution in [1.29, 1.82) is 0 Å². The maximum absolute atomic E-state index is 11.1. The summed E-state index contributed by atoms with van der Waals surface area (Å²) in [6.45, 7) is 3.41. The largest absolute Gasteiger partial charge is 0.550 e. The quantitative estimate of drug-likeness (QED) is 0.359. The van der Waals surface area contributed by atoms with E-state index >= 15 is 0 Å². The Hall–Kier alpha value is -0.850. The number of carboxylic acid groups (broad SMARTS) is 1. The van der Waals surface area contributed by atoms with E-state index in [0.29, 0.717) is 4.48 Å². The lowest BCUT2D eigenvalue weighted by atomic mass is 10.1. The zero-order valence-electron chi connectivity index (χ0n) is 11.5. The minimum absolute atomic E-state index is 0. The van der Waals surface area contributed by atoms with Gasteiger partial charge in [-0.2, -0.15) is 0 Å². The molecule has 0 radical (unpaired) electrons. The van der Waals surface area contributed by atoms with Crippen LogP contribution in [0.2, 0.25) is 0 Å².